The molecule has 0 atom stereocenters. The van der Waals surface area contributed by atoms with Crippen LogP contribution in [-0.4, -0.2) is 30.6 Å². The Morgan fingerprint density at radius 2 is 2.08 bits per heavy atom. The minimum Gasteiger partial charge on any atom is -0.311 e. The van der Waals surface area contributed by atoms with E-state index < -0.39 is 0 Å². The highest BCUT2D eigenvalue weighted by molar-refractivity contribution is 5.89. The lowest BCUT2D eigenvalue weighted by atomic mass is 10.2. The standard InChI is InChI=1S/C17H18N6O/c1-4-16(24)19-14-9-15(23-12(3)8-11(2)22-23)21-17(20-14)13-6-5-7-18-10-13/h5-10H,4H2,1-3H3,(H,19,20,21,24). The third-order valence-corrected chi connectivity index (χ3v) is 3.45. The summed E-state index contributed by atoms with van der Waals surface area (Å²) < 4.78 is 1.73. The highest BCUT2D eigenvalue weighted by Crippen LogP contribution is 2.20. The van der Waals surface area contributed by atoms with Crippen molar-refractivity contribution < 1.29 is 4.79 Å². The van der Waals surface area contributed by atoms with E-state index in [9.17, 15) is 4.79 Å². The molecule has 7 nitrogen and oxygen atoms in total. The maximum Gasteiger partial charge on any atom is 0.225 e. The minimum atomic E-state index is -0.106. The Hall–Kier alpha value is -3.09. The monoisotopic (exact) mass is 322 g/mol. The first-order valence-corrected chi connectivity index (χ1v) is 7.70. The number of nitrogens with zero attached hydrogens (tertiary/aromatic N) is 5. The van der Waals surface area contributed by atoms with Crippen LogP contribution in [0.25, 0.3) is 17.2 Å². The number of hydrogen-bond acceptors (Lipinski definition) is 5. The predicted octanol–water partition coefficient (Wildman–Crippen LogP) is 2.69. The molecule has 122 valence electrons. The Morgan fingerprint density at radius 3 is 2.71 bits per heavy atom. The number of anilines is 1. The summed E-state index contributed by atoms with van der Waals surface area (Å²) in [6.07, 6.45) is 3.75. The van der Waals surface area contributed by atoms with Crippen molar-refractivity contribution in [2.24, 2.45) is 0 Å². The fourth-order valence-corrected chi connectivity index (χ4v) is 2.32. The van der Waals surface area contributed by atoms with Crippen LogP contribution in [0.1, 0.15) is 24.7 Å². The molecule has 0 saturated heterocycles. The molecule has 0 aromatic carbocycles. The third kappa shape index (κ3) is 3.29. The largest absolute Gasteiger partial charge is 0.311 e. The van der Waals surface area contributed by atoms with E-state index in [0.717, 1.165) is 17.0 Å². The van der Waals surface area contributed by atoms with Crippen molar-refractivity contribution in [1.29, 1.82) is 0 Å². The van der Waals surface area contributed by atoms with Gasteiger partial charge in [0.25, 0.3) is 0 Å². The Bertz CT molecular complexity index is 872. The minimum absolute atomic E-state index is 0.106. The molecule has 0 aliphatic carbocycles. The van der Waals surface area contributed by atoms with Crippen molar-refractivity contribution >= 4 is 11.7 Å². The molecule has 3 heterocycles. The summed E-state index contributed by atoms with van der Waals surface area (Å²) in [7, 11) is 0. The smallest absolute Gasteiger partial charge is 0.225 e. The Kier molecular flexibility index (Phi) is 4.33. The first-order chi connectivity index (χ1) is 11.6. The Labute approximate surface area is 139 Å². The van der Waals surface area contributed by atoms with Crippen molar-refractivity contribution in [3.05, 3.63) is 48.0 Å². The van der Waals surface area contributed by atoms with E-state index in [1.54, 1.807) is 30.1 Å². The quantitative estimate of drug-likeness (QED) is 0.798. The van der Waals surface area contributed by atoms with E-state index in [-0.39, 0.29) is 5.91 Å². The van der Waals surface area contributed by atoms with Gasteiger partial charge in [0, 0.05) is 36.1 Å². The second-order valence-electron chi connectivity index (χ2n) is 5.42. The number of pyridine rings is 1. The van der Waals surface area contributed by atoms with Gasteiger partial charge in [-0.15, -0.1) is 0 Å². The highest BCUT2D eigenvalue weighted by Gasteiger charge is 2.12. The van der Waals surface area contributed by atoms with Crippen LogP contribution in [0.5, 0.6) is 0 Å². The van der Waals surface area contributed by atoms with Crippen LogP contribution in [0.15, 0.2) is 36.7 Å². The van der Waals surface area contributed by atoms with E-state index in [2.05, 4.69) is 25.4 Å². The van der Waals surface area contributed by atoms with Crippen LogP contribution in [0.3, 0.4) is 0 Å². The first kappa shape index (κ1) is 15.8. The maximum atomic E-state index is 11.7. The molecule has 3 rings (SSSR count). The lowest BCUT2D eigenvalue weighted by Gasteiger charge is -2.10. The van der Waals surface area contributed by atoms with E-state index in [0.29, 0.717) is 23.9 Å². The molecule has 0 spiro atoms. The number of carbonyl (C=O) groups is 1. The summed E-state index contributed by atoms with van der Waals surface area (Å²) in [5.74, 6) is 1.42. The number of rotatable bonds is 4. The molecule has 0 fully saturated rings. The number of nitrogens with one attached hydrogen (secondary N) is 1. The van der Waals surface area contributed by atoms with Crippen LogP contribution in [0.4, 0.5) is 5.82 Å². The number of aryl methyl sites for hydroxylation is 2. The second kappa shape index (κ2) is 6.57. The summed E-state index contributed by atoms with van der Waals surface area (Å²) in [5.41, 5.74) is 2.62. The lowest BCUT2D eigenvalue weighted by Crippen LogP contribution is -2.13. The van der Waals surface area contributed by atoms with Gasteiger partial charge < -0.3 is 5.32 Å². The zero-order valence-corrected chi connectivity index (χ0v) is 13.8. The predicted molar refractivity (Wildman–Crippen MR) is 90.8 cm³/mol. The molecule has 0 unspecified atom stereocenters. The van der Waals surface area contributed by atoms with Gasteiger partial charge in [-0.25, -0.2) is 14.6 Å². The van der Waals surface area contributed by atoms with Crippen molar-refractivity contribution in [2.45, 2.75) is 27.2 Å². The van der Waals surface area contributed by atoms with Gasteiger partial charge >= 0.3 is 0 Å². The van der Waals surface area contributed by atoms with E-state index >= 15 is 0 Å². The third-order valence-electron chi connectivity index (χ3n) is 3.45. The summed E-state index contributed by atoms with van der Waals surface area (Å²) in [6.45, 7) is 5.67. The normalized spacial score (nSPS) is 10.6. The molecule has 3 aromatic rings. The molecule has 0 aliphatic rings. The van der Waals surface area contributed by atoms with Gasteiger partial charge in [-0.2, -0.15) is 5.10 Å². The van der Waals surface area contributed by atoms with Crippen molar-refractivity contribution in [1.82, 2.24) is 24.7 Å². The molecule has 1 N–H and O–H groups in total. The fraction of sp³-hybridized carbons (Fsp3) is 0.235. The molecular formula is C17H18N6O. The summed E-state index contributed by atoms with van der Waals surface area (Å²) >= 11 is 0. The summed E-state index contributed by atoms with van der Waals surface area (Å²) in [6, 6.07) is 7.38. The number of amides is 1. The highest BCUT2D eigenvalue weighted by atomic mass is 16.1. The topological polar surface area (TPSA) is 85.6 Å². The number of carbonyl (C=O) groups excluding carboxylic acids is 1. The average Bonchev–Trinajstić information content (AvgIpc) is 2.93. The Balaban J connectivity index is 2.12. The second-order valence-corrected chi connectivity index (χ2v) is 5.42. The van der Waals surface area contributed by atoms with Gasteiger partial charge in [0.2, 0.25) is 5.91 Å². The van der Waals surface area contributed by atoms with Gasteiger partial charge in [0.15, 0.2) is 11.6 Å². The molecule has 0 bridgehead atoms. The SMILES string of the molecule is CCC(=O)Nc1cc(-n2nc(C)cc2C)nc(-c2cccnc2)n1. The van der Waals surface area contributed by atoms with Crippen LogP contribution in [0.2, 0.25) is 0 Å². The van der Waals surface area contributed by atoms with Crippen LogP contribution in [-0.2, 0) is 4.79 Å². The molecule has 3 aromatic heterocycles. The van der Waals surface area contributed by atoms with Crippen molar-refractivity contribution in [3.63, 3.8) is 0 Å². The van der Waals surface area contributed by atoms with E-state index in [4.69, 9.17) is 0 Å². The zero-order chi connectivity index (χ0) is 17.1. The molecule has 0 saturated carbocycles. The van der Waals surface area contributed by atoms with Crippen LogP contribution < -0.4 is 5.32 Å². The fourth-order valence-electron chi connectivity index (χ4n) is 2.32. The maximum absolute atomic E-state index is 11.7. The van der Waals surface area contributed by atoms with E-state index in [1.807, 2.05) is 32.0 Å². The lowest BCUT2D eigenvalue weighted by molar-refractivity contribution is -0.115. The summed E-state index contributed by atoms with van der Waals surface area (Å²) in [4.78, 5) is 24.9. The van der Waals surface area contributed by atoms with Crippen molar-refractivity contribution in [3.8, 4) is 17.2 Å². The van der Waals surface area contributed by atoms with Gasteiger partial charge in [-0.3, -0.25) is 9.78 Å². The van der Waals surface area contributed by atoms with Gasteiger partial charge in [-0.1, -0.05) is 6.92 Å². The molecule has 24 heavy (non-hydrogen) atoms. The van der Waals surface area contributed by atoms with Crippen molar-refractivity contribution in [2.75, 3.05) is 5.32 Å². The first-order valence-electron chi connectivity index (χ1n) is 7.70. The van der Waals surface area contributed by atoms with Crippen LogP contribution in [0, 0.1) is 13.8 Å². The summed E-state index contributed by atoms with van der Waals surface area (Å²) in [5, 5.41) is 7.24. The van der Waals surface area contributed by atoms with E-state index in [1.165, 1.54) is 0 Å². The molecule has 0 aliphatic heterocycles. The molecule has 0 radical (unpaired) electrons. The average molecular weight is 322 g/mol. The molecule has 7 heteroatoms. The number of aromatic nitrogens is 5. The Morgan fingerprint density at radius 1 is 1.25 bits per heavy atom. The van der Waals surface area contributed by atoms with Gasteiger partial charge in [-0.05, 0) is 32.0 Å². The van der Waals surface area contributed by atoms with Gasteiger partial charge in [0.1, 0.15) is 5.82 Å². The van der Waals surface area contributed by atoms with Gasteiger partial charge in [0.05, 0.1) is 5.69 Å². The number of hydrogen-bond donors (Lipinski definition) is 1. The van der Waals surface area contributed by atoms with Crippen LogP contribution >= 0.6 is 0 Å². The molecular weight excluding hydrogens is 304 g/mol. The zero-order valence-electron chi connectivity index (χ0n) is 13.8. The molecule has 1 amide bonds.